The maximum atomic E-state index is 6.02. The van der Waals surface area contributed by atoms with E-state index in [-0.39, 0.29) is 0 Å². The zero-order valence-corrected chi connectivity index (χ0v) is 8.20. The topological polar surface area (TPSA) is 0 Å². The van der Waals surface area contributed by atoms with Crippen molar-refractivity contribution in [3.8, 4) is 0 Å². The smallest absolute Gasteiger partial charge is 0.0491 e. The van der Waals surface area contributed by atoms with Gasteiger partial charge in [-0.05, 0) is 36.0 Å². The monoisotopic (exact) mass is 200 g/mol. The zero-order valence-electron chi connectivity index (χ0n) is 6.69. The van der Waals surface area contributed by atoms with E-state index in [0.717, 1.165) is 16.5 Å². The second kappa shape index (κ2) is 3.27. The molecule has 1 aliphatic carbocycles. The summed E-state index contributed by atoms with van der Waals surface area (Å²) < 4.78 is 0. The van der Waals surface area contributed by atoms with E-state index < -0.39 is 0 Å². The molecule has 0 bridgehead atoms. The van der Waals surface area contributed by atoms with Gasteiger partial charge < -0.3 is 0 Å². The van der Waals surface area contributed by atoms with Gasteiger partial charge in [0.1, 0.15) is 0 Å². The standard InChI is InChI=1S/C10H10Cl2/c11-6-9-8(7-4-5-7)2-1-3-10(9)12/h1-3,7H,4-6H2. The lowest BCUT2D eigenvalue weighted by atomic mass is 10.0. The van der Waals surface area contributed by atoms with Gasteiger partial charge >= 0.3 is 0 Å². The minimum atomic E-state index is 0.533. The first kappa shape index (κ1) is 8.40. The van der Waals surface area contributed by atoms with Crippen molar-refractivity contribution in [1.29, 1.82) is 0 Å². The summed E-state index contributed by atoms with van der Waals surface area (Å²) in [6.07, 6.45) is 2.59. The average molecular weight is 201 g/mol. The van der Waals surface area contributed by atoms with E-state index in [9.17, 15) is 0 Å². The minimum absolute atomic E-state index is 0.533. The number of benzene rings is 1. The fourth-order valence-corrected chi connectivity index (χ4v) is 2.11. The first-order chi connectivity index (χ1) is 5.83. The quantitative estimate of drug-likeness (QED) is 0.635. The van der Waals surface area contributed by atoms with Crippen LogP contribution in [0.2, 0.25) is 5.02 Å². The van der Waals surface area contributed by atoms with E-state index in [1.54, 1.807) is 0 Å². The molecule has 0 saturated heterocycles. The van der Waals surface area contributed by atoms with Crippen LogP contribution in [-0.4, -0.2) is 0 Å². The lowest BCUT2D eigenvalue weighted by Crippen LogP contribution is -1.89. The largest absolute Gasteiger partial charge is 0.121 e. The van der Waals surface area contributed by atoms with Crippen molar-refractivity contribution in [3.63, 3.8) is 0 Å². The molecule has 0 atom stereocenters. The van der Waals surface area contributed by atoms with E-state index in [0.29, 0.717) is 5.88 Å². The highest BCUT2D eigenvalue weighted by Crippen LogP contribution is 2.43. The van der Waals surface area contributed by atoms with Crippen LogP contribution in [0.3, 0.4) is 0 Å². The van der Waals surface area contributed by atoms with Gasteiger partial charge in [0.25, 0.3) is 0 Å². The molecule has 0 nitrogen and oxygen atoms in total. The molecule has 12 heavy (non-hydrogen) atoms. The summed E-state index contributed by atoms with van der Waals surface area (Å²) in [7, 11) is 0. The third-order valence-corrected chi connectivity index (χ3v) is 2.93. The van der Waals surface area contributed by atoms with Crippen LogP contribution < -0.4 is 0 Å². The first-order valence-corrected chi connectivity index (χ1v) is 5.07. The molecule has 0 aromatic heterocycles. The van der Waals surface area contributed by atoms with Gasteiger partial charge in [-0.3, -0.25) is 0 Å². The third kappa shape index (κ3) is 1.46. The van der Waals surface area contributed by atoms with Crippen molar-refractivity contribution in [3.05, 3.63) is 34.3 Å². The molecule has 0 radical (unpaired) electrons. The Bertz CT molecular complexity index is 290. The summed E-state index contributed by atoms with van der Waals surface area (Å²) in [5, 5.41) is 0.814. The van der Waals surface area contributed by atoms with Gasteiger partial charge in [-0.15, -0.1) is 11.6 Å². The molecule has 0 spiro atoms. The van der Waals surface area contributed by atoms with Crippen molar-refractivity contribution in [2.24, 2.45) is 0 Å². The summed E-state index contributed by atoms with van der Waals surface area (Å²) >= 11 is 11.8. The molecule has 1 saturated carbocycles. The van der Waals surface area contributed by atoms with Crippen molar-refractivity contribution in [2.75, 3.05) is 0 Å². The number of hydrogen-bond donors (Lipinski definition) is 0. The molecule has 1 aliphatic rings. The first-order valence-electron chi connectivity index (χ1n) is 4.16. The highest BCUT2D eigenvalue weighted by atomic mass is 35.5. The molecular formula is C10H10Cl2. The maximum Gasteiger partial charge on any atom is 0.0491 e. The fourth-order valence-electron chi connectivity index (χ4n) is 1.49. The van der Waals surface area contributed by atoms with Gasteiger partial charge in [0, 0.05) is 10.9 Å². The molecule has 1 aromatic carbocycles. The second-order valence-corrected chi connectivity index (χ2v) is 3.89. The van der Waals surface area contributed by atoms with Crippen LogP contribution in [0, 0.1) is 0 Å². The van der Waals surface area contributed by atoms with Gasteiger partial charge in [0.15, 0.2) is 0 Å². The van der Waals surface area contributed by atoms with Gasteiger partial charge in [-0.2, -0.15) is 0 Å². The normalized spacial score (nSPS) is 16.5. The van der Waals surface area contributed by atoms with Crippen LogP contribution in [-0.2, 0) is 5.88 Å². The fraction of sp³-hybridized carbons (Fsp3) is 0.400. The molecule has 0 heterocycles. The summed E-state index contributed by atoms with van der Waals surface area (Å²) in [6, 6.07) is 6.05. The highest BCUT2D eigenvalue weighted by Gasteiger charge is 2.26. The Hall–Kier alpha value is -0.200. The molecule has 64 valence electrons. The van der Waals surface area contributed by atoms with Crippen LogP contribution in [0.1, 0.15) is 29.9 Å². The maximum absolute atomic E-state index is 6.02. The number of alkyl halides is 1. The second-order valence-electron chi connectivity index (χ2n) is 3.22. The van der Waals surface area contributed by atoms with Crippen LogP contribution >= 0.6 is 23.2 Å². The van der Waals surface area contributed by atoms with Crippen molar-refractivity contribution in [1.82, 2.24) is 0 Å². The van der Waals surface area contributed by atoms with E-state index in [4.69, 9.17) is 23.2 Å². The summed E-state index contributed by atoms with van der Waals surface area (Å²) in [5.41, 5.74) is 2.49. The highest BCUT2D eigenvalue weighted by molar-refractivity contribution is 6.32. The lowest BCUT2D eigenvalue weighted by Gasteiger charge is -2.06. The Morgan fingerprint density at radius 2 is 2.08 bits per heavy atom. The predicted molar refractivity (Wildman–Crippen MR) is 53.0 cm³/mol. The molecule has 1 fully saturated rings. The van der Waals surface area contributed by atoms with E-state index in [1.807, 2.05) is 12.1 Å². The Kier molecular flexibility index (Phi) is 2.29. The molecule has 2 rings (SSSR count). The molecule has 0 unspecified atom stereocenters. The molecule has 0 aliphatic heterocycles. The summed E-state index contributed by atoms with van der Waals surface area (Å²) in [6.45, 7) is 0. The summed E-state index contributed by atoms with van der Waals surface area (Å²) in [4.78, 5) is 0. The number of hydrogen-bond acceptors (Lipinski definition) is 0. The van der Waals surface area contributed by atoms with E-state index in [2.05, 4.69) is 6.07 Å². The average Bonchev–Trinajstić information content (AvgIpc) is 2.86. The Morgan fingerprint density at radius 3 is 2.67 bits per heavy atom. The van der Waals surface area contributed by atoms with Gasteiger partial charge in [-0.25, -0.2) is 0 Å². The van der Waals surface area contributed by atoms with Crippen LogP contribution in [0.25, 0.3) is 0 Å². The zero-order chi connectivity index (χ0) is 8.55. The molecule has 0 amide bonds. The Morgan fingerprint density at radius 1 is 1.33 bits per heavy atom. The van der Waals surface area contributed by atoms with Crippen molar-refractivity contribution < 1.29 is 0 Å². The Balaban J connectivity index is 2.43. The Labute approximate surface area is 82.5 Å². The van der Waals surface area contributed by atoms with Crippen LogP contribution in [0.5, 0.6) is 0 Å². The van der Waals surface area contributed by atoms with E-state index in [1.165, 1.54) is 18.4 Å². The number of rotatable bonds is 2. The summed E-state index contributed by atoms with van der Waals surface area (Å²) in [5.74, 6) is 1.27. The number of halogens is 2. The van der Waals surface area contributed by atoms with Gasteiger partial charge in [0.2, 0.25) is 0 Å². The molecule has 0 N–H and O–H groups in total. The molecule has 2 heteroatoms. The van der Waals surface area contributed by atoms with Crippen LogP contribution in [0.4, 0.5) is 0 Å². The lowest BCUT2D eigenvalue weighted by molar-refractivity contribution is 1.09. The molecular weight excluding hydrogens is 191 g/mol. The van der Waals surface area contributed by atoms with Crippen molar-refractivity contribution in [2.45, 2.75) is 24.6 Å². The van der Waals surface area contributed by atoms with E-state index >= 15 is 0 Å². The van der Waals surface area contributed by atoms with Crippen molar-refractivity contribution >= 4 is 23.2 Å². The van der Waals surface area contributed by atoms with Gasteiger partial charge in [-0.1, -0.05) is 23.7 Å². The predicted octanol–water partition coefficient (Wildman–Crippen LogP) is 3.96. The SMILES string of the molecule is ClCc1c(Cl)cccc1C1CC1. The van der Waals surface area contributed by atoms with Gasteiger partial charge in [0.05, 0.1) is 0 Å². The third-order valence-electron chi connectivity index (χ3n) is 2.31. The van der Waals surface area contributed by atoms with Crippen LogP contribution in [0.15, 0.2) is 18.2 Å². The minimum Gasteiger partial charge on any atom is -0.121 e. The molecule has 1 aromatic rings.